The lowest BCUT2D eigenvalue weighted by molar-refractivity contribution is -0.124. The Kier molecular flexibility index (Phi) is 4.46. The highest BCUT2D eigenvalue weighted by atomic mass is 16.1. The van der Waals surface area contributed by atoms with Crippen molar-refractivity contribution in [2.24, 2.45) is 5.92 Å². The van der Waals surface area contributed by atoms with E-state index in [1.54, 1.807) is 0 Å². The molecule has 0 unspecified atom stereocenters. The summed E-state index contributed by atoms with van der Waals surface area (Å²) in [6, 6.07) is 2.27. The largest absolute Gasteiger partial charge is 0.356 e. The van der Waals surface area contributed by atoms with Gasteiger partial charge in [-0.05, 0) is 45.2 Å². The Bertz CT molecular complexity index is 603. The van der Waals surface area contributed by atoms with Crippen LogP contribution in [-0.4, -0.2) is 30.5 Å². The van der Waals surface area contributed by atoms with Gasteiger partial charge in [0.1, 0.15) is 11.9 Å². The SMILES string of the molecule is CCNC(=O)[C@H]1CCN(c2nc(C)c(C)c(C)c2C#N)C1. The highest BCUT2D eigenvalue weighted by Gasteiger charge is 2.30. The minimum Gasteiger partial charge on any atom is -0.356 e. The van der Waals surface area contributed by atoms with Crippen LogP contribution in [0.15, 0.2) is 0 Å². The van der Waals surface area contributed by atoms with Gasteiger partial charge in [-0.1, -0.05) is 0 Å². The van der Waals surface area contributed by atoms with Crippen molar-refractivity contribution in [1.29, 1.82) is 5.26 Å². The van der Waals surface area contributed by atoms with Gasteiger partial charge in [-0.25, -0.2) is 4.98 Å². The second kappa shape index (κ2) is 6.13. The summed E-state index contributed by atoms with van der Waals surface area (Å²) in [5.41, 5.74) is 3.63. The zero-order valence-electron chi connectivity index (χ0n) is 13.2. The van der Waals surface area contributed by atoms with Gasteiger partial charge < -0.3 is 10.2 Å². The first kappa shape index (κ1) is 15.3. The van der Waals surface area contributed by atoms with Crippen LogP contribution >= 0.6 is 0 Å². The molecule has 0 spiro atoms. The molecule has 0 bridgehead atoms. The molecule has 1 N–H and O–H groups in total. The predicted octanol–water partition coefficient (Wildman–Crippen LogP) is 1.84. The number of aromatic nitrogens is 1. The van der Waals surface area contributed by atoms with E-state index in [2.05, 4.69) is 21.3 Å². The van der Waals surface area contributed by atoms with Gasteiger partial charge in [0.15, 0.2) is 0 Å². The monoisotopic (exact) mass is 286 g/mol. The number of nitrogens with zero attached hydrogens (tertiary/aromatic N) is 3. The second-order valence-corrected chi connectivity index (χ2v) is 5.58. The third kappa shape index (κ3) is 2.85. The van der Waals surface area contributed by atoms with E-state index in [1.807, 2.05) is 27.7 Å². The molecule has 5 nitrogen and oxygen atoms in total. The fourth-order valence-electron chi connectivity index (χ4n) is 2.77. The first-order valence-electron chi connectivity index (χ1n) is 7.40. The molecule has 0 saturated carbocycles. The maximum Gasteiger partial charge on any atom is 0.224 e. The van der Waals surface area contributed by atoms with Gasteiger partial charge in [0.05, 0.1) is 11.5 Å². The van der Waals surface area contributed by atoms with Crippen LogP contribution in [-0.2, 0) is 4.79 Å². The number of rotatable bonds is 3. The number of hydrogen-bond donors (Lipinski definition) is 1. The molecular weight excluding hydrogens is 264 g/mol. The summed E-state index contributed by atoms with van der Waals surface area (Å²) in [4.78, 5) is 18.6. The van der Waals surface area contributed by atoms with Crippen molar-refractivity contribution in [3.05, 3.63) is 22.4 Å². The molecule has 1 amide bonds. The van der Waals surface area contributed by atoms with Crippen molar-refractivity contribution >= 4 is 11.7 Å². The molecule has 112 valence electrons. The standard InChI is InChI=1S/C16H22N4O/c1-5-18-16(21)13-6-7-20(9-13)15-14(8-17)11(3)10(2)12(4)19-15/h13H,5-7,9H2,1-4H3,(H,18,21)/t13-/m0/s1. The van der Waals surface area contributed by atoms with E-state index in [1.165, 1.54) is 0 Å². The quantitative estimate of drug-likeness (QED) is 0.920. The highest BCUT2D eigenvalue weighted by Crippen LogP contribution is 2.29. The molecule has 1 aromatic rings. The molecule has 1 aliphatic heterocycles. The van der Waals surface area contributed by atoms with E-state index in [0.29, 0.717) is 18.7 Å². The van der Waals surface area contributed by atoms with E-state index in [0.717, 1.165) is 35.6 Å². The normalized spacial score (nSPS) is 17.7. The Labute approximate surface area is 126 Å². The number of nitrogens with one attached hydrogen (secondary N) is 1. The summed E-state index contributed by atoms with van der Waals surface area (Å²) in [6.45, 7) is 9.89. The first-order chi connectivity index (χ1) is 9.99. The van der Waals surface area contributed by atoms with Gasteiger partial charge in [-0.2, -0.15) is 5.26 Å². The van der Waals surface area contributed by atoms with E-state index in [9.17, 15) is 10.1 Å². The Hall–Kier alpha value is -2.09. The number of amides is 1. The number of anilines is 1. The molecule has 0 aromatic carbocycles. The molecule has 0 aliphatic carbocycles. The molecule has 1 aliphatic rings. The van der Waals surface area contributed by atoms with E-state index < -0.39 is 0 Å². The maximum atomic E-state index is 11.9. The molecule has 21 heavy (non-hydrogen) atoms. The summed E-state index contributed by atoms with van der Waals surface area (Å²) in [7, 11) is 0. The van der Waals surface area contributed by atoms with Crippen LogP contribution in [0, 0.1) is 38.0 Å². The van der Waals surface area contributed by atoms with E-state index in [-0.39, 0.29) is 11.8 Å². The third-order valence-electron chi connectivity index (χ3n) is 4.30. The maximum absolute atomic E-state index is 11.9. The average molecular weight is 286 g/mol. The number of pyridine rings is 1. The fraction of sp³-hybridized carbons (Fsp3) is 0.562. The summed E-state index contributed by atoms with van der Waals surface area (Å²) < 4.78 is 0. The number of hydrogen-bond acceptors (Lipinski definition) is 4. The first-order valence-corrected chi connectivity index (χ1v) is 7.40. The van der Waals surface area contributed by atoms with Crippen molar-refractivity contribution in [1.82, 2.24) is 10.3 Å². The number of aryl methyl sites for hydroxylation is 1. The zero-order valence-corrected chi connectivity index (χ0v) is 13.2. The molecule has 2 heterocycles. The predicted molar refractivity (Wildman–Crippen MR) is 82.2 cm³/mol. The lowest BCUT2D eigenvalue weighted by atomic mass is 10.0. The Morgan fingerprint density at radius 2 is 2.14 bits per heavy atom. The van der Waals surface area contributed by atoms with Crippen LogP contribution in [0.1, 0.15) is 35.7 Å². The zero-order chi connectivity index (χ0) is 15.6. The Morgan fingerprint density at radius 3 is 2.76 bits per heavy atom. The van der Waals surface area contributed by atoms with E-state index >= 15 is 0 Å². The molecule has 2 rings (SSSR count). The minimum absolute atomic E-state index is 0.0137. The molecule has 1 saturated heterocycles. The smallest absolute Gasteiger partial charge is 0.224 e. The molecule has 5 heteroatoms. The number of carbonyl (C=O) groups is 1. The fourth-order valence-corrected chi connectivity index (χ4v) is 2.77. The van der Waals surface area contributed by atoms with Gasteiger partial charge in [0.25, 0.3) is 0 Å². The van der Waals surface area contributed by atoms with Crippen LogP contribution in [0.4, 0.5) is 5.82 Å². The summed E-state index contributed by atoms with van der Waals surface area (Å²) in [6.07, 6.45) is 0.810. The average Bonchev–Trinajstić information content (AvgIpc) is 2.94. The van der Waals surface area contributed by atoms with Crippen molar-refractivity contribution < 1.29 is 4.79 Å². The molecule has 1 atom stereocenters. The van der Waals surface area contributed by atoms with Crippen molar-refractivity contribution in [2.45, 2.75) is 34.1 Å². The molecule has 1 aromatic heterocycles. The lowest BCUT2D eigenvalue weighted by Crippen LogP contribution is -2.33. The van der Waals surface area contributed by atoms with Crippen molar-refractivity contribution in [3.63, 3.8) is 0 Å². The molecule has 1 fully saturated rings. The van der Waals surface area contributed by atoms with E-state index in [4.69, 9.17) is 0 Å². The summed E-state index contributed by atoms with van der Waals surface area (Å²) in [5.74, 6) is 0.809. The lowest BCUT2D eigenvalue weighted by Gasteiger charge is -2.21. The Balaban J connectivity index is 2.29. The van der Waals surface area contributed by atoms with Crippen LogP contribution in [0.2, 0.25) is 0 Å². The van der Waals surface area contributed by atoms with Crippen molar-refractivity contribution in [3.8, 4) is 6.07 Å². The summed E-state index contributed by atoms with van der Waals surface area (Å²) in [5, 5.41) is 12.3. The van der Waals surface area contributed by atoms with Crippen LogP contribution in [0.25, 0.3) is 0 Å². The topological polar surface area (TPSA) is 69.0 Å². The van der Waals surface area contributed by atoms with Gasteiger partial charge >= 0.3 is 0 Å². The Morgan fingerprint density at radius 1 is 1.43 bits per heavy atom. The van der Waals surface area contributed by atoms with Gasteiger partial charge in [0.2, 0.25) is 5.91 Å². The van der Waals surface area contributed by atoms with Gasteiger partial charge in [-0.3, -0.25) is 4.79 Å². The van der Waals surface area contributed by atoms with Crippen molar-refractivity contribution in [2.75, 3.05) is 24.5 Å². The van der Waals surface area contributed by atoms with Gasteiger partial charge in [0, 0.05) is 25.3 Å². The molecule has 0 radical (unpaired) electrons. The van der Waals surface area contributed by atoms with Crippen LogP contribution in [0.3, 0.4) is 0 Å². The second-order valence-electron chi connectivity index (χ2n) is 5.58. The molecular formula is C16H22N4O. The third-order valence-corrected chi connectivity index (χ3v) is 4.30. The van der Waals surface area contributed by atoms with Crippen LogP contribution < -0.4 is 10.2 Å². The highest BCUT2D eigenvalue weighted by molar-refractivity contribution is 5.80. The number of nitriles is 1. The minimum atomic E-state index is -0.0137. The number of carbonyl (C=O) groups excluding carboxylic acids is 1. The van der Waals surface area contributed by atoms with Crippen LogP contribution in [0.5, 0.6) is 0 Å². The summed E-state index contributed by atoms with van der Waals surface area (Å²) >= 11 is 0. The van der Waals surface area contributed by atoms with Gasteiger partial charge in [-0.15, -0.1) is 0 Å².